The summed E-state index contributed by atoms with van der Waals surface area (Å²) in [5, 5.41) is 0. The van der Waals surface area contributed by atoms with Gasteiger partial charge in [-0.2, -0.15) is 0 Å². The molecular formula is C16H21NO4. The molecule has 5 heteroatoms. The molecule has 1 fully saturated rings. The summed E-state index contributed by atoms with van der Waals surface area (Å²) >= 11 is 0. The molecule has 0 N–H and O–H groups in total. The number of carbonyl (C=O) groups is 2. The highest BCUT2D eigenvalue weighted by atomic mass is 16.5. The van der Waals surface area contributed by atoms with Crippen molar-refractivity contribution in [2.45, 2.75) is 32.1 Å². The maximum Gasteiger partial charge on any atom is 0.323 e. The van der Waals surface area contributed by atoms with Crippen molar-refractivity contribution >= 4 is 11.9 Å². The van der Waals surface area contributed by atoms with Crippen LogP contribution in [0, 0.1) is 11.3 Å². The van der Waals surface area contributed by atoms with E-state index in [0.29, 0.717) is 5.69 Å². The van der Waals surface area contributed by atoms with Crippen LogP contribution in [0.5, 0.6) is 0 Å². The van der Waals surface area contributed by atoms with Crippen molar-refractivity contribution in [2.24, 2.45) is 11.3 Å². The fourth-order valence-electron chi connectivity index (χ4n) is 3.28. The van der Waals surface area contributed by atoms with E-state index in [1.54, 1.807) is 12.3 Å². The Morgan fingerprint density at radius 2 is 1.81 bits per heavy atom. The second-order valence-corrected chi connectivity index (χ2v) is 5.43. The lowest BCUT2D eigenvalue weighted by molar-refractivity contribution is -0.174. The first-order valence-electron chi connectivity index (χ1n) is 7.22. The standard InChI is InChI=1S/C16H21NO4/c1-20-14(18)16(15(19)21-2,12-7-3-4-8-12)11-13-9-5-6-10-17-13/h5-6,9-10,12H,3-4,7-8,11H2,1-2H3. The van der Waals surface area contributed by atoms with Gasteiger partial charge in [-0.1, -0.05) is 18.9 Å². The smallest absolute Gasteiger partial charge is 0.323 e. The maximum absolute atomic E-state index is 12.5. The Bertz CT molecular complexity index is 478. The summed E-state index contributed by atoms with van der Waals surface area (Å²) in [5.41, 5.74) is -0.589. The van der Waals surface area contributed by atoms with Gasteiger partial charge in [-0.05, 0) is 30.9 Å². The van der Waals surface area contributed by atoms with Crippen LogP contribution < -0.4 is 0 Å². The van der Waals surface area contributed by atoms with Crippen molar-refractivity contribution in [3.63, 3.8) is 0 Å². The van der Waals surface area contributed by atoms with E-state index >= 15 is 0 Å². The molecule has 1 aliphatic rings. The predicted molar refractivity (Wildman–Crippen MR) is 76.4 cm³/mol. The Labute approximate surface area is 124 Å². The summed E-state index contributed by atoms with van der Waals surface area (Å²) in [5.74, 6) is -1.10. The van der Waals surface area contributed by atoms with Crippen LogP contribution in [-0.4, -0.2) is 31.1 Å². The summed E-state index contributed by atoms with van der Waals surface area (Å²) in [7, 11) is 2.63. The van der Waals surface area contributed by atoms with Gasteiger partial charge in [0.05, 0.1) is 14.2 Å². The lowest BCUT2D eigenvalue weighted by Gasteiger charge is -2.33. The van der Waals surface area contributed by atoms with Gasteiger partial charge in [-0.15, -0.1) is 0 Å². The number of ether oxygens (including phenoxy) is 2. The van der Waals surface area contributed by atoms with Crippen LogP contribution in [0.1, 0.15) is 31.4 Å². The number of rotatable bonds is 5. The summed E-state index contributed by atoms with van der Waals surface area (Å²) in [6.07, 6.45) is 5.57. The molecule has 2 rings (SSSR count). The van der Waals surface area contributed by atoms with E-state index in [1.165, 1.54) is 14.2 Å². The second-order valence-electron chi connectivity index (χ2n) is 5.43. The van der Waals surface area contributed by atoms with Crippen LogP contribution in [-0.2, 0) is 25.5 Å². The Morgan fingerprint density at radius 3 is 2.29 bits per heavy atom. The van der Waals surface area contributed by atoms with Gasteiger partial charge in [-0.25, -0.2) is 0 Å². The molecule has 1 aromatic rings. The van der Waals surface area contributed by atoms with Crippen LogP contribution in [0.15, 0.2) is 24.4 Å². The van der Waals surface area contributed by atoms with E-state index in [2.05, 4.69) is 4.98 Å². The third kappa shape index (κ3) is 2.91. The van der Waals surface area contributed by atoms with Crippen LogP contribution in [0.4, 0.5) is 0 Å². The molecule has 0 bridgehead atoms. The minimum atomic E-state index is -1.28. The third-order valence-corrected chi connectivity index (χ3v) is 4.34. The molecule has 0 saturated heterocycles. The maximum atomic E-state index is 12.5. The Hall–Kier alpha value is -1.91. The number of methoxy groups -OCH3 is 2. The van der Waals surface area contributed by atoms with Crippen molar-refractivity contribution in [2.75, 3.05) is 14.2 Å². The molecule has 0 spiro atoms. The summed E-state index contributed by atoms with van der Waals surface area (Å²) in [4.78, 5) is 29.2. The molecule has 0 amide bonds. The quantitative estimate of drug-likeness (QED) is 0.614. The Morgan fingerprint density at radius 1 is 1.19 bits per heavy atom. The fraction of sp³-hybridized carbons (Fsp3) is 0.562. The number of hydrogen-bond acceptors (Lipinski definition) is 5. The van der Waals surface area contributed by atoms with Gasteiger partial charge < -0.3 is 9.47 Å². The largest absolute Gasteiger partial charge is 0.468 e. The number of esters is 2. The highest BCUT2D eigenvalue weighted by molar-refractivity contribution is 6.00. The molecular weight excluding hydrogens is 270 g/mol. The first kappa shape index (κ1) is 15.5. The van der Waals surface area contributed by atoms with E-state index in [0.717, 1.165) is 25.7 Å². The fourth-order valence-corrected chi connectivity index (χ4v) is 3.28. The van der Waals surface area contributed by atoms with Crippen molar-refractivity contribution in [3.8, 4) is 0 Å². The normalized spacial score (nSPS) is 15.7. The highest BCUT2D eigenvalue weighted by Gasteiger charge is 2.55. The number of aromatic nitrogens is 1. The van der Waals surface area contributed by atoms with Gasteiger partial charge in [-0.3, -0.25) is 14.6 Å². The monoisotopic (exact) mass is 291 g/mol. The van der Waals surface area contributed by atoms with Crippen LogP contribution in [0.25, 0.3) is 0 Å². The van der Waals surface area contributed by atoms with Crippen molar-refractivity contribution in [1.82, 2.24) is 4.98 Å². The van der Waals surface area contributed by atoms with Crippen molar-refractivity contribution in [3.05, 3.63) is 30.1 Å². The minimum absolute atomic E-state index is 0.0561. The molecule has 0 unspecified atom stereocenters. The Kier molecular flexibility index (Phi) is 4.94. The van der Waals surface area contributed by atoms with Crippen LogP contribution in [0.3, 0.4) is 0 Å². The first-order valence-corrected chi connectivity index (χ1v) is 7.22. The average Bonchev–Trinajstić information content (AvgIpc) is 3.06. The molecule has 5 nitrogen and oxygen atoms in total. The van der Waals surface area contributed by atoms with E-state index < -0.39 is 17.4 Å². The minimum Gasteiger partial charge on any atom is -0.468 e. The van der Waals surface area contributed by atoms with Gasteiger partial charge in [0.2, 0.25) is 0 Å². The average molecular weight is 291 g/mol. The first-order chi connectivity index (χ1) is 10.1. The molecule has 1 aromatic heterocycles. The molecule has 21 heavy (non-hydrogen) atoms. The number of hydrogen-bond donors (Lipinski definition) is 0. The zero-order valence-corrected chi connectivity index (χ0v) is 12.5. The predicted octanol–water partition coefficient (Wildman–Crippen LogP) is 2.15. The van der Waals surface area contributed by atoms with Crippen molar-refractivity contribution in [1.29, 1.82) is 0 Å². The molecule has 0 aliphatic heterocycles. The lowest BCUT2D eigenvalue weighted by atomic mass is 9.71. The molecule has 0 radical (unpaired) electrons. The van der Waals surface area contributed by atoms with Gasteiger partial charge in [0, 0.05) is 18.3 Å². The van der Waals surface area contributed by atoms with E-state index in [4.69, 9.17) is 9.47 Å². The number of carbonyl (C=O) groups excluding carboxylic acids is 2. The highest BCUT2D eigenvalue weighted by Crippen LogP contribution is 2.44. The molecule has 114 valence electrons. The second kappa shape index (κ2) is 6.70. The van der Waals surface area contributed by atoms with Gasteiger partial charge in [0.15, 0.2) is 5.41 Å². The lowest BCUT2D eigenvalue weighted by Crippen LogP contribution is -2.48. The van der Waals surface area contributed by atoms with E-state index in [9.17, 15) is 9.59 Å². The van der Waals surface area contributed by atoms with Gasteiger partial charge in [0.25, 0.3) is 0 Å². The number of nitrogens with zero attached hydrogens (tertiary/aromatic N) is 1. The van der Waals surface area contributed by atoms with Crippen LogP contribution >= 0.6 is 0 Å². The van der Waals surface area contributed by atoms with E-state index in [-0.39, 0.29) is 12.3 Å². The summed E-state index contributed by atoms with van der Waals surface area (Å²) in [6.45, 7) is 0. The molecule has 1 aliphatic carbocycles. The van der Waals surface area contributed by atoms with Crippen LogP contribution in [0.2, 0.25) is 0 Å². The van der Waals surface area contributed by atoms with Gasteiger partial charge in [0.1, 0.15) is 0 Å². The van der Waals surface area contributed by atoms with Gasteiger partial charge >= 0.3 is 11.9 Å². The van der Waals surface area contributed by atoms with E-state index in [1.807, 2.05) is 12.1 Å². The third-order valence-electron chi connectivity index (χ3n) is 4.34. The Balaban J connectivity index is 2.43. The SMILES string of the molecule is COC(=O)C(Cc1ccccn1)(C(=O)OC)C1CCCC1. The molecule has 0 atom stereocenters. The number of pyridine rings is 1. The molecule has 1 heterocycles. The zero-order chi connectivity index (χ0) is 15.3. The zero-order valence-electron chi connectivity index (χ0n) is 12.5. The topological polar surface area (TPSA) is 65.5 Å². The summed E-state index contributed by atoms with van der Waals surface area (Å²) in [6, 6.07) is 5.46. The van der Waals surface area contributed by atoms with Crippen molar-refractivity contribution < 1.29 is 19.1 Å². The molecule has 0 aromatic carbocycles. The molecule has 1 saturated carbocycles. The summed E-state index contributed by atoms with van der Waals surface area (Å²) < 4.78 is 9.91.